The van der Waals surface area contributed by atoms with Crippen molar-refractivity contribution in [3.8, 4) is 0 Å². The normalized spacial score (nSPS) is 16.6. The van der Waals surface area contributed by atoms with Gasteiger partial charge in [-0.2, -0.15) is 0 Å². The van der Waals surface area contributed by atoms with Crippen LogP contribution in [0.3, 0.4) is 0 Å². The van der Waals surface area contributed by atoms with Gasteiger partial charge in [0.05, 0.1) is 6.10 Å². The summed E-state index contributed by atoms with van der Waals surface area (Å²) in [5.41, 5.74) is 0. The molecule has 5 heteroatoms. The molecule has 0 aliphatic rings. The lowest BCUT2D eigenvalue weighted by Gasteiger charge is -2.26. The maximum Gasteiger partial charge on any atom is 0.214 e. The highest BCUT2D eigenvalue weighted by atomic mass is 32.2. The fraction of sp³-hybridized carbons (Fsp3) is 0.778. The lowest BCUT2D eigenvalue weighted by atomic mass is 10.0. The van der Waals surface area contributed by atoms with E-state index in [0.717, 1.165) is 0 Å². The number of hydrogen-bond acceptors (Lipinski definition) is 3. The van der Waals surface area contributed by atoms with E-state index in [1.807, 2.05) is 13.8 Å². The third-order valence-electron chi connectivity index (χ3n) is 2.10. The molecule has 14 heavy (non-hydrogen) atoms. The maximum absolute atomic E-state index is 11.3. The first-order chi connectivity index (χ1) is 6.34. The van der Waals surface area contributed by atoms with E-state index in [1.165, 1.54) is 7.11 Å². The highest BCUT2D eigenvalue weighted by Gasteiger charge is 2.33. The minimum absolute atomic E-state index is 0.0742. The van der Waals surface area contributed by atoms with Crippen molar-refractivity contribution >= 4 is 10.0 Å². The van der Waals surface area contributed by atoms with Crippen LogP contribution in [0.1, 0.15) is 20.3 Å². The smallest absolute Gasteiger partial charge is 0.214 e. The second-order valence-corrected chi connectivity index (χ2v) is 5.32. The SMILES string of the molecule is C=CC[C@H](OC)C(C(C)C)S(N)(=O)=O. The second-order valence-electron chi connectivity index (χ2n) is 3.60. The van der Waals surface area contributed by atoms with Gasteiger partial charge in [0.1, 0.15) is 5.25 Å². The predicted molar refractivity (Wildman–Crippen MR) is 57.3 cm³/mol. The molecule has 2 N–H and O–H groups in total. The number of primary sulfonamides is 1. The average Bonchev–Trinajstić information content (AvgIpc) is 2.00. The first-order valence-corrected chi connectivity index (χ1v) is 6.10. The number of nitrogens with two attached hydrogens (primary N) is 1. The largest absolute Gasteiger partial charge is 0.380 e. The van der Waals surface area contributed by atoms with Crippen LogP contribution in [0.5, 0.6) is 0 Å². The van der Waals surface area contributed by atoms with Gasteiger partial charge in [-0.3, -0.25) is 0 Å². The van der Waals surface area contributed by atoms with Crippen LogP contribution >= 0.6 is 0 Å². The summed E-state index contributed by atoms with van der Waals surface area (Å²) in [5, 5.41) is 4.47. The third-order valence-corrected chi connectivity index (χ3v) is 3.71. The van der Waals surface area contributed by atoms with Crippen LogP contribution < -0.4 is 5.14 Å². The van der Waals surface area contributed by atoms with E-state index in [1.54, 1.807) is 6.08 Å². The van der Waals surface area contributed by atoms with Crippen LogP contribution in [0.15, 0.2) is 12.7 Å². The highest BCUT2D eigenvalue weighted by Crippen LogP contribution is 2.18. The van der Waals surface area contributed by atoms with Crippen molar-refractivity contribution < 1.29 is 13.2 Å². The van der Waals surface area contributed by atoms with Crippen molar-refractivity contribution in [1.82, 2.24) is 0 Å². The molecule has 0 aromatic rings. The molecule has 0 aliphatic carbocycles. The summed E-state index contributed by atoms with van der Waals surface area (Å²) in [4.78, 5) is 0. The van der Waals surface area contributed by atoms with Gasteiger partial charge in [0, 0.05) is 7.11 Å². The monoisotopic (exact) mass is 221 g/mol. The van der Waals surface area contributed by atoms with E-state index in [9.17, 15) is 8.42 Å². The van der Waals surface area contributed by atoms with Crippen LogP contribution in [0, 0.1) is 5.92 Å². The fourth-order valence-electron chi connectivity index (χ4n) is 1.55. The van der Waals surface area contributed by atoms with E-state index < -0.39 is 21.4 Å². The summed E-state index contributed by atoms with van der Waals surface area (Å²) in [7, 11) is -2.09. The molecular weight excluding hydrogens is 202 g/mol. The Hall–Kier alpha value is -0.390. The minimum atomic E-state index is -3.57. The van der Waals surface area contributed by atoms with Gasteiger partial charge in [-0.1, -0.05) is 19.9 Å². The van der Waals surface area contributed by atoms with Gasteiger partial charge in [-0.25, -0.2) is 13.6 Å². The maximum atomic E-state index is 11.3. The lowest BCUT2D eigenvalue weighted by Crippen LogP contribution is -2.43. The Labute approximate surface area is 86.2 Å². The summed E-state index contributed by atoms with van der Waals surface area (Å²) in [5.74, 6) is -0.0742. The average molecular weight is 221 g/mol. The fourth-order valence-corrected chi connectivity index (χ4v) is 2.95. The Balaban J connectivity index is 4.88. The first kappa shape index (κ1) is 13.6. The van der Waals surface area contributed by atoms with Crippen molar-refractivity contribution in [2.24, 2.45) is 11.1 Å². The number of hydrogen-bond donors (Lipinski definition) is 1. The minimum Gasteiger partial charge on any atom is -0.380 e. The van der Waals surface area contributed by atoms with Gasteiger partial charge in [0.2, 0.25) is 10.0 Å². The molecule has 0 saturated carbocycles. The molecule has 0 aliphatic heterocycles. The quantitative estimate of drug-likeness (QED) is 0.677. The van der Waals surface area contributed by atoms with Crippen LogP contribution in [0.25, 0.3) is 0 Å². The molecule has 0 heterocycles. The summed E-state index contributed by atoms with van der Waals surface area (Å²) in [6, 6.07) is 0. The molecule has 0 amide bonds. The van der Waals surface area contributed by atoms with E-state index in [-0.39, 0.29) is 5.92 Å². The van der Waals surface area contributed by atoms with Gasteiger partial charge in [-0.05, 0) is 12.3 Å². The summed E-state index contributed by atoms with van der Waals surface area (Å²) in [6.45, 7) is 7.18. The molecule has 0 bridgehead atoms. The topological polar surface area (TPSA) is 69.4 Å². The zero-order valence-corrected chi connectivity index (χ0v) is 9.75. The Morgan fingerprint density at radius 1 is 1.50 bits per heavy atom. The summed E-state index contributed by atoms with van der Waals surface area (Å²) < 4.78 is 27.7. The Morgan fingerprint density at radius 2 is 2.00 bits per heavy atom. The van der Waals surface area contributed by atoms with Crippen molar-refractivity contribution in [3.05, 3.63) is 12.7 Å². The van der Waals surface area contributed by atoms with Gasteiger partial charge < -0.3 is 4.74 Å². The van der Waals surface area contributed by atoms with Crippen molar-refractivity contribution in [2.45, 2.75) is 31.6 Å². The number of ether oxygens (including phenoxy) is 1. The molecule has 0 aromatic heterocycles. The molecule has 0 radical (unpaired) electrons. The Bertz CT molecular complexity index is 272. The van der Waals surface area contributed by atoms with Crippen molar-refractivity contribution in [1.29, 1.82) is 0 Å². The first-order valence-electron chi connectivity index (χ1n) is 4.49. The summed E-state index contributed by atoms with van der Waals surface area (Å²) in [6.07, 6.45) is 1.70. The molecule has 0 rings (SSSR count). The van der Waals surface area contributed by atoms with Crippen LogP contribution in [0.4, 0.5) is 0 Å². The highest BCUT2D eigenvalue weighted by molar-refractivity contribution is 7.89. The van der Waals surface area contributed by atoms with E-state index >= 15 is 0 Å². The van der Waals surface area contributed by atoms with E-state index in [4.69, 9.17) is 9.88 Å². The molecule has 1 unspecified atom stereocenters. The van der Waals surface area contributed by atoms with E-state index in [0.29, 0.717) is 6.42 Å². The predicted octanol–water partition coefficient (Wildman–Crippen LogP) is 0.891. The van der Waals surface area contributed by atoms with Crippen LogP contribution in [0.2, 0.25) is 0 Å². The van der Waals surface area contributed by atoms with Crippen molar-refractivity contribution in [2.75, 3.05) is 7.11 Å². The summed E-state index contributed by atoms with van der Waals surface area (Å²) >= 11 is 0. The van der Waals surface area contributed by atoms with Crippen LogP contribution in [-0.2, 0) is 14.8 Å². The number of sulfonamides is 1. The molecule has 0 aromatic carbocycles. The molecule has 0 saturated heterocycles. The molecule has 2 atom stereocenters. The lowest BCUT2D eigenvalue weighted by molar-refractivity contribution is 0.0899. The molecule has 84 valence electrons. The van der Waals surface area contributed by atoms with Gasteiger partial charge in [-0.15, -0.1) is 6.58 Å². The zero-order chi connectivity index (χ0) is 11.4. The standard InChI is InChI=1S/C9H19NO3S/c1-5-6-8(13-4)9(7(2)3)14(10,11)12/h5,7-9H,1,6H2,2-4H3,(H2,10,11,12)/t8-,9?/m0/s1. The zero-order valence-electron chi connectivity index (χ0n) is 8.93. The van der Waals surface area contributed by atoms with Gasteiger partial charge in [0.15, 0.2) is 0 Å². The third kappa shape index (κ3) is 3.77. The van der Waals surface area contributed by atoms with Crippen LogP contribution in [-0.4, -0.2) is 26.9 Å². The van der Waals surface area contributed by atoms with Crippen molar-refractivity contribution in [3.63, 3.8) is 0 Å². The number of rotatable bonds is 6. The van der Waals surface area contributed by atoms with E-state index in [2.05, 4.69) is 6.58 Å². The van der Waals surface area contributed by atoms with Gasteiger partial charge in [0.25, 0.3) is 0 Å². The Morgan fingerprint density at radius 3 is 2.21 bits per heavy atom. The molecule has 0 spiro atoms. The molecular formula is C9H19NO3S. The number of methoxy groups -OCH3 is 1. The molecule has 0 fully saturated rings. The molecule has 4 nitrogen and oxygen atoms in total. The second kappa shape index (κ2) is 5.48. The van der Waals surface area contributed by atoms with Gasteiger partial charge >= 0.3 is 0 Å². The Kier molecular flexibility index (Phi) is 5.33.